The van der Waals surface area contributed by atoms with Gasteiger partial charge in [-0.2, -0.15) is 0 Å². The lowest BCUT2D eigenvalue weighted by atomic mass is 9.91. The Morgan fingerprint density at radius 3 is 2.68 bits per heavy atom. The van der Waals surface area contributed by atoms with Crippen molar-refractivity contribution in [2.75, 3.05) is 12.9 Å². The molecule has 1 aliphatic carbocycles. The van der Waals surface area contributed by atoms with Crippen molar-refractivity contribution in [3.63, 3.8) is 0 Å². The third kappa shape index (κ3) is 3.91. The molecule has 1 heterocycles. The Morgan fingerprint density at radius 1 is 1.41 bits per heavy atom. The lowest BCUT2D eigenvalue weighted by molar-refractivity contribution is 0.0596. The van der Waals surface area contributed by atoms with E-state index in [2.05, 4.69) is 9.72 Å². The maximum absolute atomic E-state index is 12.5. The highest BCUT2D eigenvalue weighted by Crippen LogP contribution is 2.29. The van der Waals surface area contributed by atoms with Crippen LogP contribution in [0.4, 0.5) is 0 Å². The molecule has 5 nitrogen and oxygen atoms in total. The normalized spacial score (nSPS) is 16.0. The number of hydrogen-bond acceptors (Lipinski definition) is 5. The summed E-state index contributed by atoms with van der Waals surface area (Å²) in [5.41, 5.74) is -0.318. The first kappa shape index (κ1) is 17.1. The summed E-state index contributed by atoms with van der Waals surface area (Å²) in [4.78, 5) is 28.5. The minimum atomic E-state index is -0.629. The molecule has 0 aliphatic heterocycles. The monoisotopic (exact) mass is 324 g/mol. The molecule has 0 bridgehead atoms. The fourth-order valence-corrected chi connectivity index (χ4v) is 4.09. The van der Waals surface area contributed by atoms with Gasteiger partial charge in [-0.05, 0) is 32.6 Å². The Labute approximate surface area is 135 Å². The lowest BCUT2D eigenvalue weighted by Gasteiger charge is -2.22. The highest BCUT2D eigenvalue weighted by atomic mass is 32.2. The van der Waals surface area contributed by atoms with E-state index in [0.717, 1.165) is 5.75 Å². The first-order chi connectivity index (χ1) is 10.5. The van der Waals surface area contributed by atoms with Crippen molar-refractivity contribution in [2.45, 2.75) is 57.1 Å². The molecule has 0 radical (unpaired) electrons. The predicted octanol–water partition coefficient (Wildman–Crippen LogP) is 3.28. The van der Waals surface area contributed by atoms with Gasteiger partial charge >= 0.3 is 5.97 Å². The molecular formula is C16H24N2O3S. The molecule has 6 heteroatoms. The molecule has 0 spiro atoms. The van der Waals surface area contributed by atoms with E-state index < -0.39 is 5.97 Å². The van der Waals surface area contributed by atoms with Crippen LogP contribution in [-0.4, -0.2) is 28.4 Å². The second-order valence-corrected chi connectivity index (χ2v) is 7.02. The van der Waals surface area contributed by atoms with E-state index in [4.69, 9.17) is 0 Å². The van der Waals surface area contributed by atoms with Crippen LogP contribution in [0.25, 0.3) is 0 Å². The minimum absolute atomic E-state index is 0.00165. The zero-order chi connectivity index (χ0) is 16.1. The third-order valence-electron chi connectivity index (χ3n) is 4.05. The largest absolute Gasteiger partial charge is 0.465 e. The van der Waals surface area contributed by atoms with Crippen molar-refractivity contribution in [3.05, 3.63) is 22.1 Å². The van der Waals surface area contributed by atoms with E-state index in [1.165, 1.54) is 45.4 Å². The lowest BCUT2D eigenvalue weighted by Crippen LogP contribution is -2.30. The average molecular weight is 324 g/mol. The summed E-state index contributed by atoms with van der Waals surface area (Å²) in [5.74, 6) is 1.06. The van der Waals surface area contributed by atoms with Gasteiger partial charge in [-0.3, -0.25) is 9.36 Å². The molecule has 1 aliphatic rings. The molecule has 0 atom stereocenters. The molecular weight excluding hydrogens is 300 g/mol. The van der Waals surface area contributed by atoms with Crippen molar-refractivity contribution in [1.82, 2.24) is 9.55 Å². The summed E-state index contributed by atoms with van der Waals surface area (Å²) in [7, 11) is 1.27. The summed E-state index contributed by atoms with van der Waals surface area (Å²) in [6.07, 6.45) is 7.81. The molecule has 0 unspecified atom stereocenters. The van der Waals surface area contributed by atoms with Crippen LogP contribution in [0.3, 0.4) is 0 Å². The van der Waals surface area contributed by atoms with Gasteiger partial charge < -0.3 is 4.74 Å². The van der Waals surface area contributed by atoms with Crippen molar-refractivity contribution >= 4 is 17.7 Å². The standard InChI is InChI=1S/C16H24N2O3S/c1-11(2)18-14(19)13(15(20)21-3)9-17-16(18)22-10-12-7-5-4-6-8-12/h9,11-12H,4-8,10H2,1-3H3. The first-order valence-electron chi connectivity index (χ1n) is 7.87. The molecule has 22 heavy (non-hydrogen) atoms. The fraction of sp³-hybridized carbons (Fsp3) is 0.688. The third-order valence-corrected chi connectivity index (χ3v) is 5.25. The van der Waals surface area contributed by atoms with Crippen LogP contribution in [0, 0.1) is 5.92 Å². The maximum atomic E-state index is 12.5. The Hall–Kier alpha value is -1.30. The first-order valence-corrected chi connectivity index (χ1v) is 8.85. The maximum Gasteiger partial charge on any atom is 0.345 e. The average Bonchev–Trinajstić information content (AvgIpc) is 2.52. The SMILES string of the molecule is COC(=O)c1cnc(SCC2CCCCC2)n(C(C)C)c1=O. The van der Waals surface area contributed by atoms with Gasteiger partial charge in [0.1, 0.15) is 5.56 Å². The van der Waals surface area contributed by atoms with Crippen molar-refractivity contribution < 1.29 is 9.53 Å². The number of nitrogens with zero attached hydrogens (tertiary/aromatic N) is 2. The van der Waals surface area contributed by atoms with E-state index >= 15 is 0 Å². The van der Waals surface area contributed by atoms with Gasteiger partial charge in [-0.15, -0.1) is 0 Å². The van der Waals surface area contributed by atoms with Crippen molar-refractivity contribution in [3.8, 4) is 0 Å². The highest BCUT2D eigenvalue weighted by Gasteiger charge is 2.20. The van der Waals surface area contributed by atoms with Crippen LogP contribution in [-0.2, 0) is 4.74 Å². The fourth-order valence-electron chi connectivity index (χ4n) is 2.81. The van der Waals surface area contributed by atoms with Crippen molar-refractivity contribution in [1.29, 1.82) is 0 Å². The second-order valence-electron chi connectivity index (χ2n) is 6.03. The summed E-state index contributed by atoms with van der Waals surface area (Å²) in [5, 5.41) is 0.693. The zero-order valence-electron chi connectivity index (χ0n) is 13.5. The Kier molecular flexibility index (Phi) is 6.06. The number of rotatable bonds is 5. The van der Waals surface area contributed by atoms with E-state index in [1.54, 1.807) is 16.3 Å². The quantitative estimate of drug-likeness (QED) is 0.472. The van der Waals surface area contributed by atoms with Gasteiger partial charge in [-0.25, -0.2) is 9.78 Å². The molecule has 0 N–H and O–H groups in total. The summed E-state index contributed by atoms with van der Waals surface area (Å²) in [6.45, 7) is 3.85. The molecule has 1 aromatic heterocycles. The van der Waals surface area contributed by atoms with Crippen LogP contribution < -0.4 is 5.56 Å². The predicted molar refractivity (Wildman–Crippen MR) is 87.5 cm³/mol. The van der Waals surface area contributed by atoms with E-state index in [1.807, 2.05) is 13.8 Å². The Morgan fingerprint density at radius 2 is 2.09 bits per heavy atom. The summed E-state index contributed by atoms with van der Waals surface area (Å²) >= 11 is 1.62. The van der Waals surface area contributed by atoms with Crippen LogP contribution in [0.2, 0.25) is 0 Å². The topological polar surface area (TPSA) is 61.2 Å². The molecule has 1 saturated carbocycles. The number of aromatic nitrogens is 2. The number of ether oxygens (including phenoxy) is 1. The van der Waals surface area contributed by atoms with E-state index in [0.29, 0.717) is 11.1 Å². The zero-order valence-corrected chi connectivity index (χ0v) is 14.3. The number of hydrogen-bond donors (Lipinski definition) is 0. The Bertz CT molecular complexity index is 577. The second kappa shape index (κ2) is 7.81. The number of carbonyl (C=O) groups excluding carboxylic acids is 1. The van der Waals surface area contributed by atoms with Crippen molar-refractivity contribution in [2.24, 2.45) is 5.92 Å². The molecule has 1 aromatic rings. The molecule has 122 valence electrons. The van der Waals surface area contributed by atoms with Gasteiger partial charge in [-0.1, -0.05) is 31.0 Å². The van der Waals surface area contributed by atoms with Crippen LogP contribution in [0.5, 0.6) is 0 Å². The molecule has 0 aromatic carbocycles. The molecule has 0 saturated heterocycles. The minimum Gasteiger partial charge on any atom is -0.465 e. The van der Waals surface area contributed by atoms with Gasteiger partial charge in [0, 0.05) is 11.8 Å². The highest BCUT2D eigenvalue weighted by molar-refractivity contribution is 7.99. The molecule has 2 rings (SSSR count). The van der Waals surface area contributed by atoms with Gasteiger partial charge in [0.2, 0.25) is 0 Å². The number of carbonyl (C=O) groups is 1. The summed E-state index contributed by atoms with van der Waals surface area (Å²) < 4.78 is 6.24. The number of thioether (sulfide) groups is 1. The molecule has 0 amide bonds. The van der Waals surface area contributed by atoms with E-state index in [-0.39, 0.29) is 17.2 Å². The smallest absolute Gasteiger partial charge is 0.345 e. The Balaban J connectivity index is 2.21. The van der Waals surface area contributed by atoms with Gasteiger partial charge in [0.05, 0.1) is 13.3 Å². The van der Waals surface area contributed by atoms with E-state index in [9.17, 15) is 9.59 Å². The van der Waals surface area contributed by atoms with Crippen LogP contribution >= 0.6 is 11.8 Å². The van der Waals surface area contributed by atoms with Crippen LogP contribution in [0.15, 0.2) is 16.1 Å². The molecule has 1 fully saturated rings. The van der Waals surface area contributed by atoms with Gasteiger partial charge in [0.25, 0.3) is 5.56 Å². The number of methoxy groups -OCH3 is 1. The van der Waals surface area contributed by atoms with Crippen LogP contribution in [0.1, 0.15) is 62.4 Å². The summed E-state index contributed by atoms with van der Waals surface area (Å²) in [6, 6.07) is -0.0431. The number of esters is 1. The van der Waals surface area contributed by atoms with Gasteiger partial charge in [0.15, 0.2) is 5.16 Å².